The van der Waals surface area contributed by atoms with Crippen LogP contribution < -0.4 is 5.32 Å². The lowest BCUT2D eigenvalue weighted by Gasteiger charge is -2.18. The molecule has 0 radical (unpaired) electrons. The van der Waals surface area contributed by atoms with E-state index in [1.165, 1.54) is 11.1 Å². The van der Waals surface area contributed by atoms with Gasteiger partial charge in [-0.3, -0.25) is 0 Å². The van der Waals surface area contributed by atoms with E-state index in [0.717, 1.165) is 28.9 Å². The first-order valence-electron chi connectivity index (χ1n) is 6.40. The molecule has 1 unspecified atom stereocenters. The highest BCUT2D eigenvalue weighted by molar-refractivity contribution is 9.10. The Morgan fingerprint density at radius 2 is 2.21 bits per heavy atom. The molecule has 1 nitrogen and oxygen atoms in total. The Hall–Kier alpha value is -0.350. The fraction of sp³-hybridized carbons (Fsp3) is 0.333. The first-order chi connectivity index (χ1) is 9.20. The predicted molar refractivity (Wildman–Crippen MR) is 88.2 cm³/mol. The molecule has 0 bridgehead atoms. The van der Waals surface area contributed by atoms with Gasteiger partial charge in [0.25, 0.3) is 0 Å². The molecule has 0 fully saturated rings. The van der Waals surface area contributed by atoms with Crippen molar-refractivity contribution in [3.8, 4) is 0 Å². The zero-order chi connectivity index (χ0) is 13.7. The summed E-state index contributed by atoms with van der Waals surface area (Å²) >= 11 is 11.5. The average molecular weight is 359 g/mol. The maximum absolute atomic E-state index is 6.31. The van der Waals surface area contributed by atoms with Crippen LogP contribution in [0.2, 0.25) is 5.02 Å². The zero-order valence-electron chi connectivity index (χ0n) is 10.8. The minimum Gasteiger partial charge on any atom is -0.310 e. The van der Waals surface area contributed by atoms with Crippen molar-refractivity contribution in [1.82, 2.24) is 5.32 Å². The minimum absolute atomic E-state index is 0.338. The number of hydrogen-bond acceptors (Lipinski definition) is 2. The van der Waals surface area contributed by atoms with Gasteiger partial charge in [-0.25, -0.2) is 0 Å². The second-order valence-corrected chi connectivity index (χ2v) is 6.61. The van der Waals surface area contributed by atoms with Crippen LogP contribution in [0.3, 0.4) is 0 Å². The van der Waals surface area contributed by atoms with Gasteiger partial charge in [0.15, 0.2) is 0 Å². The molecular formula is C15H17BrClNS. The summed E-state index contributed by atoms with van der Waals surface area (Å²) in [6, 6.07) is 8.63. The second kappa shape index (κ2) is 7.44. The summed E-state index contributed by atoms with van der Waals surface area (Å²) in [6.07, 6.45) is 2.05. The van der Waals surface area contributed by atoms with E-state index < -0.39 is 0 Å². The molecule has 0 aliphatic carbocycles. The molecule has 1 aromatic carbocycles. The Kier molecular flexibility index (Phi) is 5.89. The highest BCUT2D eigenvalue weighted by Crippen LogP contribution is 2.27. The quantitative estimate of drug-likeness (QED) is 0.724. The van der Waals surface area contributed by atoms with Gasteiger partial charge in [-0.05, 0) is 59.5 Å². The molecule has 0 saturated carbocycles. The van der Waals surface area contributed by atoms with Gasteiger partial charge in [0.1, 0.15) is 0 Å². The third-order valence-corrected chi connectivity index (χ3v) is 4.57. The first kappa shape index (κ1) is 15.0. The van der Waals surface area contributed by atoms with Gasteiger partial charge < -0.3 is 5.32 Å². The number of halogens is 2. The fourth-order valence-corrected chi connectivity index (χ4v) is 3.47. The van der Waals surface area contributed by atoms with E-state index in [9.17, 15) is 0 Å². The lowest BCUT2D eigenvalue weighted by atomic mass is 10.0. The van der Waals surface area contributed by atoms with Gasteiger partial charge in [-0.2, -0.15) is 11.3 Å². The van der Waals surface area contributed by atoms with Gasteiger partial charge in [0.05, 0.1) is 0 Å². The normalized spacial score (nSPS) is 12.6. The van der Waals surface area contributed by atoms with Gasteiger partial charge in [0, 0.05) is 15.5 Å². The Morgan fingerprint density at radius 1 is 1.37 bits per heavy atom. The van der Waals surface area contributed by atoms with Crippen molar-refractivity contribution < 1.29 is 0 Å². The van der Waals surface area contributed by atoms with Crippen LogP contribution in [0.1, 0.15) is 30.5 Å². The molecule has 0 saturated heterocycles. The molecule has 2 rings (SSSR count). The Labute approximate surface area is 132 Å². The van der Waals surface area contributed by atoms with E-state index in [-0.39, 0.29) is 0 Å². The highest BCUT2D eigenvalue weighted by Gasteiger charge is 2.13. The summed E-state index contributed by atoms with van der Waals surface area (Å²) in [6.45, 7) is 3.21. The number of thiophene rings is 1. The Bertz CT molecular complexity index is 513. The maximum Gasteiger partial charge on any atom is 0.0449 e. The molecule has 19 heavy (non-hydrogen) atoms. The maximum atomic E-state index is 6.31. The zero-order valence-corrected chi connectivity index (χ0v) is 14.0. The Morgan fingerprint density at radius 3 is 2.84 bits per heavy atom. The summed E-state index contributed by atoms with van der Waals surface area (Å²) in [7, 11) is 0. The topological polar surface area (TPSA) is 12.0 Å². The summed E-state index contributed by atoms with van der Waals surface area (Å²) in [5, 5.41) is 8.76. The van der Waals surface area contributed by atoms with E-state index in [1.807, 2.05) is 12.1 Å². The highest BCUT2D eigenvalue weighted by atomic mass is 79.9. The van der Waals surface area contributed by atoms with Gasteiger partial charge in [-0.1, -0.05) is 40.5 Å². The average Bonchev–Trinajstić information content (AvgIpc) is 2.90. The third-order valence-electron chi connectivity index (χ3n) is 3.03. The van der Waals surface area contributed by atoms with Crippen molar-refractivity contribution in [3.63, 3.8) is 0 Å². The number of nitrogens with one attached hydrogen (secondary N) is 1. The molecule has 102 valence electrons. The summed E-state index contributed by atoms with van der Waals surface area (Å²) < 4.78 is 1.02. The molecule has 1 N–H and O–H groups in total. The molecule has 1 atom stereocenters. The predicted octanol–water partition coefficient (Wildman–Crippen LogP) is 5.45. The van der Waals surface area contributed by atoms with E-state index in [1.54, 1.807) is 11.3 Å². The second-order valence-electron chi connectivity index (χ2n) is 4.50. The molecule has 2 aromatic rings. The lowest BCUT2D eigenvalue weighted by Crippen LogP contribution is -2.23. The van der Waals surface area contributed by atoms with E-state index in [0.29, 0.717) is 6.04 Å². The molecule has 1 heterocycles. The minimum atomic E-state index is 0.338. The monoisotopic (exact) mass is 357 g/mol. The van der Waals surface area contributed by atoms with Crippen molar-refractivity contribution in [2.24, 2.45) is 0 Å². The molecule has 0 amide bonds. The van der Waals surface area contributed by atoms with Crippen LogP contribution in [0.25, 0.3) is 0 Å². The molecule has 0 aliphatic heterocycles. The van der Waals surface area contributed by atoms with Crippen molar-refractivity contribution in [1.29, 1.82) is 0 Å². The van der Waals surface area contributed by atoms with Crippen molar-refractivity contribution in [2.45, 2.75) is 25.8 Å². The SMILES string of the molecule is CCCNC(Cc1ccc(Br)cc1Cl)c1ccsc1. The number of rotatable bonds is 6. The van der Waals surface area contributed by atoms with Gasteiger partial charge in [0.2, 0.25) is 0 Å². The van der Waals surface area contributed by atoms with Crippen molar-refractivity contribution >= 4 is 38.9 Å². The fourth-order valence-electron chi connectivity index (χ4n) is 2.01. The molecular weight excluding hydrogens is 342 g/mol. The van der Waals surface area contributed by atoms with E-state index >= 15 is 0 Å². The van der Waals surface area contributed by atoms with Crippen LogP contribution >= 0.6 is 38.9 Å². The molecule has 4 heteroatoms. The molecule has 0 aliphatic rings. The summed E-state index contributed by atoms with van der Waals surface area (Å²) in [5.41, 5.74) is 2.53. The molecule has 0 spiro atoms. The first-order valence-corrected chi connectivity index (χ1v) is 8.51. The lowest BCUT2D eigenvalue weighted by molar-refractivity contribution is 0.530. The molecule has 1 aromatic heterocycles. The summed E-state index contributed by atoms with van der Waals surface area (Å²) in [5.74, 6) is 0. The van der Waals surface area contributed by atoms with Crippen LogP contribution in [-0.4, -0.2) is 6.54 Å². The van der Waals surface area contributed by atoms with Crippen LogP contribution in [0.15, 0.2) is 39.5 Å². The summed E-state index contributed by atoms with van der Waals surface area (Å²) in [4.78, 5) is 0. The van der Waals surface area contributed by atoms with Gasteiger partial charge in [-0.15, -0.1) is 0 Å². The Balaban J connectivity index is 2.15. The van der Waals surface area contributed by atoms with Crippen molar-refractivity contribution in [2.75, 3.05) is 6.54 Å². The van der Waals surface area contributed by atoms with Crippen LogP contribution in [0.5, 0.6) is 0 Å². The van der Waals surface area contributed by atoms with E-state index in [4.69, 9.17) is 11.6 Å². The number of hydrogen-bond donors (Lipinski definition) is 1. The number of benzene rings is 1. The van der Waals surface area contributed by atoms with E-state index in [2.05, 4.69) is 51.1 Å². The van der Waals surface area contributed by atoms with Crippen LogP contribution in [-0.2, 0) is 6.42 Å². The van der Waals surface area contributed by atoms with Gasteiger partial charge >= 0.3 is 0 Å². The third kappa shape index (κ3) is 4.32. The van der Waals surface area contributed by atoms with Crippen molar-refractivity contribution in [3.05, 3.63) is 55.6 Å². The standard InChI is InChI=1S/C15H17BrClNS/c1-2-6-18-15(12-5-7-19-10-12)8-11-3-4-13(16)9-14(11)17/h3-5,7,9-10,15,18H,2,6,8H2,1H3. The largest absolute Gasteiger partial charge is 0.310 e. The van der Waals surface area contributed by atoms with Crippen LogP contribution in [0, 0.1) is 0 Å². The van der Waals surface area contributed by atoms with Crippen LogP contribution in [0.4, 0.5) is 0 Å². The smallest absolute Gasteiger partial charge is 0.0449 e.